The van der Waals surface area contributed by atoms with Crippen LogP contribution in [0.2, 0.25) is 0 Å². The Labute approximate surface area is 284 Å². The van der Waals surface area contributed by atoms with Crippen LogP contribution in [0.3, 0.4) is 0 Å². The second-order valence-corrected chi connectivity index (χ2v) is 12.1. The first kappa shape index (κ1) is 36.9. The zero-order chi connectivity index (χ0) is 33.9. The van der Waals surface area contributed by atoms with E-state index in [9.17, 15) is 19.2 Å². The largest absolute Gasteiger partial charge is 0.494 e. The lowest BCUT2D eigenvalue weighted by Gasteiger charge is -2.08. The summed E-state index contributed by atoms with van der Waals surface area (Å²) in [6.45, 7) is 10.3. The Kier molecular flexibility index (Phi) is 16.1. The monoisotopic (exact) mass is 674 g/mol. The minimum absolute atomic E-state index is 0.0950. The van der Waals surface area contributed by atoms with Gasteiger partial charge in [-0.1, -0.05) is 31.4 Å². The van der Waals surface area contributed by atoms with Crippen molar-refractivity contribution < 1.29 is 38.1 Å². The lowest BCUT2D eigenvalue weighted by Crippen LogP contribution is -2.04. The van der Waals surface area contributed by atoms with Crippen molar-refractivity contribution in [1.82, 2.24) is 0 Å². The Morgan fingerprint density at radius 1 is 0.681 bits per heavy atom. The average molecular weight is 675 g/mol. The van der Waals surface area contributed by atoms with E-state index in [4.69, 9.17) is 18.9 Å². The Bertz CT molecular complexity index is 1550. The molecule has 8 nitrogen and oxygen atoms in total. The second-order valence-electron chi connectivity index (χ2n) is 10.0. The van der Waals surface area contributed by atoms with Crippen LogP contribution in [0.25, 0.3) is 6.08 Å². The van der Waals surface area contributed by atoms with Gasteiger partial charge in [0.15, 0.2) is 0 Å². The molecule has 0 aliphatic rings. The van der Waals surface area contributed by atoms with Gasteiger partial charge in [0, 0.05) is 27.5 Å². The first-order valence-electron chi connectivity index (χ1n) is 15.0. The van der Waals surface area contributed by atoms with Crippen LogP contribution in [-0.2, 0) is 23.9 Å². The molecule has 3 aromatic rings. The van der Waals surface area contributed by atoms with Gasteiger partial charge in [-0.25, -0.2) is 9.59 Å². The molecule has 0 heterocycles. The number of esters is 2. The van der Waals surface area contributed by atoms with Gasteiger partial charge in [-0.3, -0.25) is 9.59 Å². The Morgan fingerprint density at radius 3 is 1.74 bits per heavy atom. The van der Waals surface area contributed by atoms with Gasteiger partial charge in [0.05, 0.1) is 26.4 Å². The van der Waals surface area contributed by atoms with Crippen molar-refractivity contribution in [2.75, 3.05) is 26.4 Å². The molecule has 0 N–H and O–H groups in total. The van der Waals surface area contributed by atoms with Crippen molar-refractivity contribution in [2.45, 2.75) is 42.4 Å². The molecule has 0 bridgehead atoms. The highest BCUT2D eigenvalue weighted by Gasteiger charge is 2.11. The third kappa shape index (κ3) is 14.2. The van der Waals surface area contributed by atoms with Gasteiger partial charge in [-0.15, -0.1) is 0 Å². The SMILES string of the molecule is C=CC(=O)OCCCCOc1ccc(C=CC(=O)Sc2ccc(SC(=O)c3ccc(OCCCCOC(=O)C=C)cc3)cc2C)cc1. The molecular formula is C37H38O8S2. The van der Waals surface area contributed by atoms with Gasteiger partial charge < -0.3 is 18.9 Å². The lowest BCUT2D eigenvalue weighted by molar-refractivity contribution is -0.138. The van der Waals surface area contributed by atoms with Crippen molar-refractivity contribution in [1.29, 1.82) is 0 Å². The van der Waals surface area contributed by atoms with Crippen LogP contribution in [0.1, 0.15) is 47.2 Å². The molecule has 0 aromatic heterocycles. The summed E-state index contributed by atoms with van der Waals surface area (Å²) in [5, 5.41) is -0.206. The number of thioether (sulfide) groups is 2. The fraction of sp³-hybridized carbons (Fsp3) is 0.243. The number of hydrogen-bond donors (Lipinski definition) is 0. The molecule has 47 heavy (non-hydrogen) atoms. The summed E-state index contributed by atoms with van der Waals surface area (Å²) >= 11 is 2.26. The highest BCUT2D eigenvalue weighted by atomic mass is 32.2. The summed E-state index contributed by atoms with van der Waals surface area (Å²) in [7, 11) is 0. The Morgan fingerprint density at radius 2 is 1.21 bits per heavy atom. The number of carbonyl (C=O) groups excluding carboxylic acids is 4. The normalized spacial score (nSPS) is 10.7. The Hall–Kier alpha value is -4.54. The molecule has 0 atom stereocenters. The predicted octanol–water partition coefficient (Wildman–Crippen LogP) is 8.04. The smallest absolute Gasteiger partial charge is 0.330 e. The molecule has 0 fully saturated rings. The van der Waals surface area contributed by atoms with Crippen LogP contribution >= 0.6 is 23.5 Å². The van der Waals surface area contributed by atoms with Gasteiger partial charge in [-0.05, 0) is 128 Å². The third-order valence-electron chi connectivity index (χ3n) is 6.39. The van der Waals surface area contributed by atoms with E-state index in [1.54, 1.807) is 30.3 Å². The average Bonchev–Trinajstić information content (AvgIpc) is 3.08. The highest BCUT2D eigenvalue weighted by Crippen LogP contribution is 2.30. The summed E-state index contributed by atoms with van der Waals surface area (Å²) in [5.74, 6) is 0.518. The molecule has 0 saturated carbocycles. The maximum atomic E-state index is 12.9. The van der Waals surface area contributed by atoms with E-state index in [1.807, 2.05) is 49.4 Å². The third-order valence-corrected chi connectivity index (χ3v) is 8.31. The minimum Gasteiger partial charge on any atom is -0.494 e. The minimum atomic E-state index is -0.435. The summed E-state index contributed by atoms with van der Waals surface area (Å²) in [6.07, 6.45) is 8.42. The maximum Gasteiger partial charge on any atom is 0.330 e. The van der Waals surface area contributed by atoms with Crippen molar-refractivity contribution >= 4 is 51.8 Å². The Balaban J connectivity index is 1.39. The molecule has 0 amide bonds. The zero-order valence-corrected chi connectivity index (χ0v) is 27.9. The number of ether oxygens (including phenoxy) is 4. The quantitative estimate of drug-likeness (QED) is 0.0537. The number of unbranched alkanes of at least 4 members (excludes halogenated alkanes) is 2. The van der Waals surface area contributed by atoms with Crippen LogP contribution in [0.5, 0.6) is 11.5 Å². The number of aryl methyl sites for hydroxylation is 1. The predicted molar refractivity (Wildman–Crippen MR) is 186 cm³/mol. The van der Waals surface area contributed by atoms with E-state index in [1.165, 1.54) is 6.08 Å². The summed E-state index contributed by atoms with van der Waals surface area (Å²) < 4.78 is 21.3. The van der Waals surface area contributed by atoms with Crippen LogP contribution in [0.4, 0.5) is 0 Å². The topological polar surface area (TPSA) is 105 Å². The molecule has 10 heteroatoms. The van der Waals surface area contributed by atoms with Gasteiger partial charge in [-0.2, -0.15) is 0 Å². The fourth-order valence-corrected chi connectivity index (χ4v) is 5.44. The lowest BCUT2D eigenvalue weighted by atomic mass is 10.2. The summed E-state index contributed by atoms with van der Waals surface area (Å²) in [4.78, 5) is 49.2. The molecule has 3 rings (SSSR count). The molecule has 0 aliphatic heterocycles. The van der Waals surface area contributed by atoms with Crippen LogP contribution in [0.15, 0.2) is 108 Å². The van der Waals surface area contributed by atoms with E-state index in [0.29, 0.717) is 50.6 Å². The van der Waals surface area contributed by atoms with Gasteiger partial charge in [0.1, 0.15) is 11.5 Å². The van der Waals surface area contributed by atoms with E-state index in [2.05, 4.69) is 13.2 Å². The molecule has 246 valence electrons. The molecule has 0 saturated heterocycles. The standard InChI is InChI=1S/C37H38O8S2/c1-4-34(38)44-24-8-6-22-42-30-15-10-28(11-16-30)12-21-36(40)47-33-20-19-32(26-27(33)3)46-37(41)29-13-17-31(18-14-29)43-23-7-9-25-45-35(39)5-2/h4-5,10-21,26H,1-2,6-9,22-25H2,3H3. The second kappa shape index (κ2) is 20.6. The van der Waals surface area contributed by atoms with E-state index >= 15 is 0 Å². The molecular weight excluding hydrogens is 637 g/mol. The van der Waals surface area contributed by atoms with Gasteiger partial charge in [0.2, 0.25) is 10.2 Å². The van der Waals surface area contributed by atoms with E-state index < -0.39 is 11.9 Å². The van der Waals surface area contributed by atoms with E-state index in [-0.39, 0.29) is 10.2 Å². The molecule has 0 spiro atoms. The first-order chi connectivity index (χ1) is 22.8. The zero-order valence-electron chi connectivity index (χ0n) is 26.3. The summed E-state index contributed by atoms with van der Waals surface area (Å²) in [6, 6.07) is 20.0. The van der Waals surface area contributed by atoms with Gasteiger partial charge >= 0.3 is 11.9 Å². The molecule has 0 radical (unpaired) electrons. The van der Waals surface area contributed by atoms with Crippen molar-refractivity contribution in [3.8, 4) is 11.5 Å². The highest BCUT2D eigenvalue weighted by molar-refractivity contribution is 8.14. The number of carbonyl (C=O) groups is 4. The van der Waals surface area contributed by atoms with Crippen molar-refractivity contribution in [2.24, 2.45) is 0 Å². The van der Waals surface area contributed by atoms with E-state index in [0.717, 1.165) is 75.2 Å². The van der Waals surface area contributed by atoms with Crippen molar-refractivity contribution in [3.05, 3.63) is 115 Å². The van der Waals surface area contributed by atoms with Gasteiger partial charge in [0.25, 0.3) is 0 Å². The first-order valence-corrected chi connectivity index (χ1v) is 16.7. The number of hydrogen-bond acceptors (Lipinski definition) is 10. The number of rotatable bonds is 19. The summed E-state index contributed by atoms with van der Waals surface area (Å²) in [5.41, 5.74) is 2.32. The fourth-order valence-electron chi connectivity index (χ4n) is 3.89. The maximum absolute atomic E-state index is 12.9. The molecule has 3 aromatic carbocycles. The van der Waals surface area contributed by atoms with Crippen LogP contribution in [0, 0.1) is 6.92 Å². The van der Waals surface area contributed by atoms with Crippen LogP contribution < -0.4 is 9.47 Å². The van der Waals surface area contributed by atoms with Crippen molar-refractivity contribution in [3.63, 3.8) is 0 Å². The molecule has 0 unspecified atom stereocenters. The number of benzene rings is 3. The van der Waals surface area contributed by atoms with Crippen LogP contribution in [-0.4, -0.2) is 48.6 Å². The molecule has 0 aliphatic carbocycles.